The van der Waals surface area contributed by atoms with Crippen LogP contribution in [-0.2, 0) is 11.3 Å². The van der Waals surface area contributed by atoms with E-state index in [0.29, 0.717) is 0 Å². The van der Waals surface area contributed by atoms with E-state index in [1.54, 1.807) is 12.1 Å². The third-order valence-corrected chi connectivity index (χ3v) is 3.10. The standard InChI is InChI=1S/C13H18N2O3/c1-18-13(17)14-11-5-6-15(9-11)8-10-3-2-4-12(16)7-10/h2-4,7,11,16H,5-6,8-9H2,1H3,(H,14,17). The van der Waals surface area contributed by atoms with Gasteiger partial charge in [-0.3, -0.25) is 4.90 Å². The largest absolute Gasteiger partial charge is 0.508 e. The fourth-order valence-electron chi connectivity index (χ4n) is 2.23. The summed E-state index contributed by atoms with van der Waals surface area (Å²) in [6.45, 7) is 2.53. The van der Waals surface area contributed by atoms with Crippen LogP contribution in [0.4, 0.5) is 4.79 Å². The predicted octanol–water partition coefficient (Wildman–Crippen LogP) is 1.32. The molecule has 2 rings (SSSR count). The quantitative estimate of drug-likeness (QED) is 0.849. The first-order chi connectivity index (χ1) is 8.67. The van der Waals surface area contributed by atoms with Crippen LogP contribution >= 0.6 is 0 Å². The highest BCUT2D eigenvalue weighted by Crippen LogP contribution is 2.16. The maximum atomic E-state index is 11.1. The van der Waals surface area contributed by atoms with Gasteiger partial charge in [-0.05, 0) is 24.1 Å². The zero-order chi connectivity index (χ0) is 13.0. The molecule has 1 heterocycles. The molecule has 0 bridgehead atoms. The van der Waals surface area contributed by atoms with Crippen LogP contribution in [0.5, 0.6) is 5.75 Å². The van der Waals surface area contributed by atoms with E-state index < -0.39 is 0 Å². The monoisotopic (exact) mass is 250 g/mol. The van der Waals surface area contributed by atoms with Gasteiger partial charge in [-0.2, -0.15) is 0 Å². The second kappa shape index (κ2) is 5.73. The van der Waals surface area contributed by atoms with Crippen molar-refractivity contribution in [2.45, 2.75) is 19.0 Å². The van der Waals surface area contributed by atoms with Crippen LogP contribution in [-0.4, -0.2) is 42.3 Å². The lowest BCUT2D eigenvalue weighted by molar-refractivity contribution is 0.166. The second-order valence-electron chi connectivity index (χ2n) is 4.53. The number of hydrogen-bond donors (Lipinski definition) is 2. The second-order valence-corrected chi connectivity index (χ2v) is 4.53. The molecule has 2 N–H and O–H groups in total. The molecule has 0 saturated carbocycles. The zero-order valence-electron chi connectivity index (χ0n) is 10.4. The van der Waals surface area contributed by atoms with Gasteiger partial charge in [0.25, 0.3) is 0 Å². The van der Waals surface area contributed by atoms with Crippen LogP contribution in [0.1, 0.15) is 12.0 Å². The van der Waals surface area contributed by atoms with Gasteiger partial charge in [-0.15, -0.1) is 0 Å². The molecule has 1 aliphatic heterocycles. The lowest BCUT2D eigenvalue weighted by Crippen LogP contribution is -2.36. The molecule has 0 radical (unpaired) electrons. The fourth-order valence-corrected chi connectivity index (χ4v) is 2.23. The minimum absolute atomic E-state index is 0.148. The van der Waals surface area contributed by atoms with Gasteiger partial charge < -0.3 is 15.2 Å². The van der Waals surface area contributed by atoms with E-state index in [9.17, 15) is 9.90 Å². The molecule has 1 unspecified atom stereocenters. The Morgan fingerprint density at radius 2 is 2.44 bits per heavy atom. The fraction of sp³-hybridized carbons (Fsp3) is 0.462. The smallest absolute Gasteiger partial charge is 0.407 e. The average Bonchev–Trinajstić information content (AvgIpc) is 2.76. The normalized spacial score (nSPS) is 19.7. The van der Waals surface area contributed by atoms with Crippen molar-refractivity contribution in [2.75, 3.05) is 20.2 Å². The lowest BCUT2D eigenvalue weighted by Gasteiger charge is -2.16. The van der Waals surface area contributed by atoms with Gasteiger partial charge in [0.15, 0.2) is 0 Å². The van der Waals surface area contributed by atoms with E-state index >= 15 is 0 Å². The minimum Gasteiger partial charge on any atom is -0.508 e. The van der Waals surface area contributed by atoms with Crippen LogP contribution < -0.4 is 5.32 Å². The van der Waals surface area contributed by atoms with Gasteiger partial charge in [0, 0.05) is 25.7 Å². The molecule has 18 heavy (non-hydrogen) atoms. The van der Waals surface area contributed by atoms with Crippen molar-refractivity contribution in [3.8, 4) is 5.75 Å². The minimum atomic E-state index is -0.376. The number of nitrogens with zero attached hydrogens (tertiary/aromatic N) is 1. The summed E-state index contributed by atoms with van der Waals surface area (Å²) >= 11 is 0. The Balaban J connectivity index is 1.84. The Morgan fingerprint density at radius 1 is 1.61 bits per heavy atom. The molecule has 5 nitrogen and oxygen atoms in total. The molecular weight excluding hydrogens is 232 g/mol. The maximum absolute atomic E-state index is 11.1. The maximum Gasteiger partial charge on any atom is 0.407 e. The van der Waals surface area contributed by atoms with Gasteiger partial charge in [-0.25, -0.2) is 4.79 Å². The van der Waals surface area contributed by atoms with Gasteiger partial charge >= 0.3 is 6.09 Å². The Labute approximate surface area is 106 Å². The van der Waals surface area contributed by atoms with Crippen molar-refractivity contribution in [3.05, 3.63) is 29.8 Å². The van der Waals surface area contributed by atoms with Crippen LogP contribution in [0.25, 0.3) is 0 Å². The van der Waals surface area contributed by atoms with E-state index in [1.807, 2.05) is 12.1 Å². The summed E-state index contributed by atoms with van der Waals surface area (Å²) in [5, 5.41) is 12.2. The summed E-state index contributed by atoms with van der Waals surface area (Å²) in [6, 6.07) is 7.40. The average molecular weight is 250 g/mol. The molecule has 0 aliphatic carbocycles. The van der Waals surface area contributed by atoms with E-state index in [1.165, 1.54) is 7.11 Å². The Bertz CT molecular complexity index is 422. The topological polar surface area (TPSA) is 61.8 Å². The van der Waals surface area contributed by atoms with E-state index in [2.05, 4.69) is 15.0 Å². The third kappa shape index (κ3) is 3.37. The van der Waals surface area contributed by atoms with Crippen LogP contribution in [0.2, 0.25) is 0 Å². The van der Waals surface area contributed by atoms with Crippen molar-refractivity contribution in [3.63, 3.8) is 0 Å². The number of aromatic hydroxyl groups is 1. The summed E-state index contributed by atoms with van der Waals surface area (Å²) in [4.78, 5) is 13.3. The molecule has 98 valence electrons. The van der Waals surface area contributed by atoms with Gasteiger partial charge in [0.2, 0.25) is 0 Å². The number of methoxy groups -OCH3 is 1. The summed E-state index contributed by atoms with van der Waals surface area (Å²) in [7, 11) is 1.37. The van der Waals surface area contributed by atoms with Crippen LogP contribution in [0, 0.1) is 0 Å². The molecule has 0 aromatic heterocycles. The number of benzene rings is 1. The SMILES string of the molecule is COC(=O)NC1CCN(Cc2cccc(O)c2)C1. The Morgan fingerprint density at radius 3 is 3.17 bits per heavy atom. The predicted molar refractivity (Wildman–Crippen MR) is 67.3 cm³/mol. The number of hydrogen-bond acceptors (Lipinski definition) is 4. The summed E-state index contributed by atoms with van der Waals surface area (Å²) < 4.78 is 4.58. The van der Waals surface area contributed by atoms with E-state index in [4.69, 9.17) is 0 Å². The zero-order valence-corrected chi connectivity index (χ0v) is 10.4. The molecular formula is C13H18N2O3. The number of carbonyl (C=O) groups is 1. The van der Waals surface area contributed by atoms with Crippen molar-refractivity contribution >= 4 is 6.09 Å². The van der Waals surface area contributed by atoms with Gasteiger partial charge in [0.1, 0.15) is 5.75 Å². The van der Waals surface area contributed by atoms with Crippen LogP contribution in [0.3, 0.4) is 0 Å². The summed E-state index contributed by atoms with van der Waals surface area (Å²) in [5.41, 5.74) is 1.08. The third-order valence-electron chi connectivity index (χ3n) is 3.10. The molecule has 1 aromatic carbocycles. The molecule has 1 aliphatic rings. The van der Waals surface area contributed by atoms with Gasteiger partial charge in [-0.1, -0.05) is 12.1 Å². The molecule has 1 aromatic rings. The highest BCUT2D eigenvalue weighted by Gasteiger charge is 2.23. The summed E-state index contributed by atoms with van der Waals surface area (Å²) in [5.74, 6) is 0.288. The Hall–Kier alpha value is -1.75. The number of ether oxygens (including phenoxy) is 1. The highest BCUT2D eigenvalue weighted by atomic mass is 16.5. The molecule has 1 fully saturated rings. The molecule has 1 saturated heterocycles. The van der Waals surface area contributed by atoms with E-state index in [0.717, 1.165) is 31.6 Å². The van der Waals surface area contributed by atoms with Crippen molar-refractivity contribution < 1.29 is 14.6 Å². The highest BCUT2D eigenvalue weighted by molar-refractivity contribution is 5.67. The molecule has 1 amide bonds. The first kappa shape index (κ1) is 12.7. The lowest BCUT2D eigenvalue weighted by atomic mass is 10.2. The molecule has 1 atom stereocenters. The number of phenols is 1. The number of rotatable bonds is 3. The molecule has 0 spiro atoms. The number of carbonyl (C=O) groups excluding carboxylic acids is 1. The van der Waals surface area contributed by atoms with Crippen molar-refractivity contribution in [2.24, 2.45) is 0 Å². The van der Waals surface area contributed by atoms with Crippen molar-refractivity contribution in [1.29, 1.82) is 0 Å². The summed E-state index contributed by atoms with van der Waals surface area (Å²) in [6.07, 6.45) is 0.549. The number of nitrogens with one attached hydrogen (secondary N) is 1. The number of phenolic OH excluding ortho intramolecular Hbond substituents is 1. The number of alkyl carbamates (subject to hydrolysis) is 1. The van der Waals surface area contributed by atoms with E-state index in [-0.39, 0.29) is 17.9 Å². The van der Waals surface area contributed by atoms with Crippen molar-refractivity contribution in [1.82, 2.24) is 10.2 Å². The number of amides is 1. The molecule has 5 heteroatoms. The van der Waals surface area contributed by atoms with Crippen LogP contribution in [0.15, 0.2) is 24.3 Å². The first-order valence-electron chi connectivity index (χ1n) is 6.02. The number of likely N-dealkylation sites (tertiary alicyclic amines) is 1. The Kier molecular flexibility index (Phi) is 4.04. The van der Waals surface area contributed by atoms with Gasteiger partial charge in [0.05, 0.1) is 7.11 Å². The first-order valence-corrected chi connectivity index (χ1v) is 6.02.